The predicted molar refractivity (Wildman–Crippen MR) is 109 cm³/mol. The normalized spacial score (nSPS) is 10.1. The van der Waals surface area contributed by atoms with Crippen molar-refractivity contribution in [1.82, 2.24) is 5.32 Å². The van der Waals surface area contributed by atoms with Crippen LogP contribution in [0.4, 0.5) is 5.69 Å². The Kier molecular flexibility index (Phi) is 8.17. The molecule has 2 rings (SSSR count). The average molecular weight is 407 g/mol. The Morgan fingerprint density at radius 3 is 2.67 bits per heavy atom. The van der Waals surface area contributed by atoms with Crippen molar-refractivity contribution in [2.24, 2.45) is 0 Å². The van der Waals surface area contributed by atoms with Crippen molar-refractivity contribution < 1.29 is 14.3 Å². The van der Waals surface area contributed by atoms with Crippen molar-refractivity contribution in [2.45, 2.75) is 12.8 Å². The zero-order valence-electron chi connectivity index (χ0n) is 14.6. The largest absolute Gasteiger partial charge is 0.492 e. The van der Waals surface area contributed by atoms with Crippen LogP contribution in [0, 0.1) is 0 Å². The Balaban J connectivity index is 1.83. The van der Waals surface area contributed by atoms with Crippen LogP contribution >= 0.6 is 23.2 Å². The van der Waals surface area contributed by atoms with E-state index >= 15 is 0 Å². The molecule has 0 heterocycles. The van der Waals surface area contributed by atoms with Crippen molar-refractivity contribution >= 4 is 40.7 Å². The quantitative estimate of drug-likeness (QED) is 0.468. The van der Waals surface area contributed by atoms with Crippen LogP contribution in [0.25, 0.3) is 0 Å². The first-order chi connectivity index (χ1) is 13.0. The number of rotatable bonds is 9. The molecular weight excluding hydrogens is 387 g/mol. The standard InChI is InChI=1S/C20H20Cl2N2O3/c1-2-11-23-20(26)15-6-3-4-7-17(15)24-19(25)8-5-12-27-18-10-9-14(21)13-16(18)22/h2-4,6-7,9-10,13H,1,5,8,11-12H2,(H,23,26)(H,24,25). The fourth-order valence-electron chi connectivity index (χ4n) is 2.27. The van der Waals surface area contributed by atoms with Gasteiger partial charge in [-0.15, -0.1) is 6.58 Å². The summed E-state index contributed by atoms with van der Waals surface area (Å²) in [5, 5.41) is 6.41. The Bertz CT molecular complexity index is 825. The first-order valence-electron chi connectivity index (χ1n) is 8.37. The van der Waals surface area contributed by atoms with E-state index in [1.165, 1.54) is 0 Å². The van der Waals surface area contributed by atoms with Crippen LogP contribution in [-0.4, -0.2) is 25.0 Å². The van der Waals surface area contributed by atoms with Gasteiger partial charge < -0.3 is 15.4 Å². The molecule has 2 aromatic rings. The van der Waals surface area contributed by atoms with Crippen molar-refractivity contribution in [3.63, 3.8) is 0 Å². The highest BCUT2D eigenvalue weighted by Gasteiger charge is 2.12. The Morgan fingerprint density at radius 2 is 1.93 bits per heavy atom. The highest BCUT2D eigenvalue weighted by atomic mass is 35.5. The lowest BCUT2D eigenvalue weighted by atomic mass is 10.1. The summed E-state index contributed by atoms with van der Waals surface area (Å²) in [6.07, 6.45) is 2.33. The van der Waals surface area contributed by atoms with E-state index in [9.17, 15) is 9.59 Å². The molecular formula is C20H20Cl2N2O3. The van der Waals surface area contributed by atoms with Gasteiger partial charge in [0.2, 0.25) is 5.91 Å². The molecule has 0 saturated heterocycles. The van der Waals surface area contributed by atoms with E-state index in [2.05, 4.69) is 17.2 Å². The molecule has 7 heteroatoms. The van der Waals surface area contributed by atoms with Gasteiger partial charge in [0.1, 0.15) is 5.75 Å². The number of hydrogen-bond donors (Lipinski definition) is 2. The summed E-state index contributed by atoms with van der Waals surface area (Å²) in [5.74, 6) is 0.0435. The topological polar surface area (TPSA) is 67.4 Å². The molecule has 5 nitrogen and oxygen atoms in total. The molecule has 0 radical (unpaired) electrons. The summed E-state index contributed by atoms with van der Waals surface area (Å²) >= 11 is 11.9. The first-order valence-corrected chi connectivity index (χ1v) is 9.12. The van der Waals surface area contributed by atoms with Gasteiger partial charge in [-0.05, 0) is 36.8 Å². The van der Waals surface area contributed by atoms with Gasteiger partial charge in [0.05, 0.1) is 22.9 Å². The number of amides is 2. The molecule has 0 aromatic heterocycles. The van der Waals surface area contributed by atoms with Gasteiger partial charge >= 0.3 is 0 Å². The molecule has 2 aromatic carbocycles. The maximum absolute atomic E-state index is 12.2. The van der Waals surface area contributed by atoms with Gasteiger partial charge in [0, 0.05) is 18.0 Å². The lowest BCUT2D eigenvalue weighted by molar-refractivity contribution is -0.116. The fourth-order valence-corrected chi connectivity index (χ4v) is 2.73. The monoisotopic (exact) mass is 406 g/mol. The molecule has 0 unspecified atom stereocenters. The second-order valence-corrected chi connectivity index (χ2v) is 6.46. The minimum absolute atomic E-state index is 0.204. The zero-order chi connectivity index (χ0) is 19.6. The lowest BCUT2D eigenvalue weighted by Gasteiger charge is -2.11. The third-order valence-electron chi connectivity index (χ3n) is 3.55. The molecule has 142 valence electrons. The number of hydrogen-bond acceptors (Lipinski definition) is 3. The van der Waals surface area contributed by atoms with E-state index in [1.807, 2.05) is 0 Å². The van der Waals surface area contributed by atoms with Gasteiger partial charge in [-0.2, -0.15) is 0 Å². The van der Waals surface area contributed by atoms with E-state index in [4.69, 9.17) is 27.9 Å². The third-order valence-corrected chi connectivity index (χ3v) is 4.08. The minimum atomic E-state index is -0.272. The van der Waals surface area contributed by atoms with Gasteiger partial charge in [0.25, 0.3) is 5.91 Å². The molecule has 0 fully saturated rings. The molecule has 0 aliphatic heterocycles. The molecule has 0 saturated carbocycles. The van der Waals surface area contributed by atoms with Crippen molar-refractivity contribution in [2.75, 3.05) is 18.5 Å². The summed E-state index contributed by atoms with van der Waals surface area (Å²) in [7, 11) is 0. The van der Waals surface area contributed by atoms with Crippen LogP contribution in [0.15, 0.2) is 55.1 Å². The van der Waals surface area contributed by atoms with Crippen LogP contribution in [0.5, 0.6) is 5.75 Å². The lowest BCUT2D eigenvalue weighted by Crippen LogP contribution is -2.25. The summed E-state index contributed by atoms with van der Waals surface area (Å²) < 4.78 is 5.55. The van der Waals surface area contributed by atoms with E-state index in [0.717, 1.165) is 0 Å². The van der Waals surface area contributed by atoms with Gasteiger partial charge in [-0.25, -0.2) is 0 Å². The zero-order valence-corrected chi connectivity index (χ0v) is 16.1. The molecule has 0 bridgehead atoms. The van der Waals surface area contributed by atoms with Crippen LogP contribution in [-0.2, 0) is 4.79 Å². The van der Waals surface area contributed by atoms with Crippen molar-refractivity contribution in [3.05, 3.63) is 70.7 Å². The van der Waals surface area contributed by atoms with Gasteiger partial charge in [-0.3, -0.25) is 9.59 Å². The Morgan fingerprint density at radius 1 is 1.15 bits per heavy atom. The summed E-state index contributed by atoms with van der Waals surface area (Å²) in [5.41, 5.74) is 0.864. The third kappa shape index (κ3) is 6.62. The van der Waals surface area contributed by atoms with Crippen LogP contribution in [0.3, 0.4) is 0 Å². The van der Waals surface area contributed by atoms with E-state index in [-0.39, 0.29) is 18.2 Å². The Labute approximate surface area is 168 Å². The molecule has 2 amide bonds. The predicted octanol–water partition coefficient (Wildman–Crippen LogP) is 4.71. The van der Waals surface area contributed by atoms with E-state index < -0.39 is 0 Å². The number of para-hydroxylation sites is 1. The smallest absolute Gasteiger partial charge is 0.253 e. The van der Waals surface area contributed by atoms with Crippen molar-refractivity contribution in [3.8, 4) is 5.75 Å². The van der Waals surface area contributed by atoms with Gasteiger partial charge in [0.15, 0.2) is 0 Å². The number of carbonyl (C=O) groups excluding carboxylic acids is 2. The number of ether oxygens (including phenoxy) is 1. The SMILES string of the molecule is C=CCNC(=O)c1ccccc1NC(=O)CCCOc1ccc(Cl)cc1Cl. The molecule has 0 aliphatic carbocycles. The number of anilines is 1. The molecule has 2 N–H and O–H groups in total. The van der Waals surface area contributed by atoms with Crippen molar-refractivity contribution in [1.29, 1.82) is 0 Å². The molecule has 0 aliphatic rings. The van der Waals surface area contributed by atoms with Crippen LogP contribution in [0.2, 0.25) is 10.0 Å². The molecule has 0 spiro atoms. The second kappa shape index (κ2) is 10.6. The highest BCUT2D eigenvalue weighted by molar-refractivity contribution is 6.35. The first kappa shape index (κ1) is 20.8. The number of halogens is 2. The summed E-state index contributed by atoms with van der Waals surface area (Å²) in [4.78, 5) is 24.3. The van der Waals surface area contributed by atoms with E-state index in [0.29, 0.717) is 46.6 Å². The number of benzene rings is 2. The maximum atomic E-state index is 12.2. The summed E-state index contributed by atoms with van der Waals surface area (Å²) in [6.45, 7) is 4.24. The average Bonchev–Trinajstić information content (AvgIpc) is 2.65. The van der Waals surface area contributed by atoms with Crippen LogP contribution < -0.4 is 15.4 Å². The van der Waals surface area contributed by atoms with E-state index in [1.54, 1.807) is 48.5 Å². The van der Waals surface area contributed by atoms with Crippen LogP contribution in [0.1, 0.15) is 23.2 Å². The number of nitrogens with one attached hydrogen (secondary N) is 2. The number of carbonyl (C=O) groups is 2. The maximum Gasteiger partial charge on any atom is 0.253 e. The summed E-state index contributed by atoms with van der Waals surface area (Å²) in [6, 6.07) is 11.8. The Hall–Kier alpha value is -2.50. The highest BCUT2D eigenvalue weighted by Crippen LogP contribution is 2.27. The minimum Gasteiger partial charge on any atom is -0.492 e. The fraction of sp³-hybridized carbons (Fsp3) is 0.200. The molecule has 0 atom stereocenters. The molecule has 27 heavy (non-hydrogen) atoms. The van der Waals surface area contributed by atoms with Gasteiger partial charge in [-0.1, -0.05) is 41.4 Å². The second-order valence-electron chi connectivity index (χ2n) is 5.62.